The largest absolute Gasteiger partial charge is 0.370 e. The second-order valence-corrected chi connectivity index (χ2v) is 5.35. The van der Waals surface area contributed by atoms with Crippen LogP contribution in [0.15, 0.2) is 22.5 Å². The Bertz CT molecular complexity index is 355. The normalized spacial score (nSPS) is 13.9. The summed E-state index contributed by atoms with van der Waals surface area (Å²) in [5.41, 5.74) is 6.00. The monoisotopic (exact) mass is 268 g/mol. The minimum atomic E-state index is 0.305. The molecule has 1 heterocycles. The van der Waals surface area contributed by atoms with E-state index in [4.69, 9.17) is 5.73 Å². The lowest BCUT2D eigenvalue weighted by atomic mass is 10.2. The molecule has 5 heteroatoms. The van der Waals surface area contributed by atoms with Crippen molar-refractivity contribution >= 4 is 17.3 Å². The fraction of sp³-hybridized carbons (Fsp3) is 0.615. The number of hydrogen-bond acceptors (Lipinski definition) is 3. The third-order valence-electron chi connectivity index (χ3n) is 3.01. The Balaban J connectivity index is 2.71. The molecule has 4 nitrogen and oxygen atoms in total. The van der Waals surface area contributed by atoms with Gasteiger partial charge in [0.05, 0.1) is 12.6 Å². The van der Waals surface area contributed by atoms with E-state index in [1.807, 2.05) is 0 Å². The van der Waals surface area contributed by atoms with E-state index in [1.54, 1.807) is 11.3 Å². The van der Waals surface area contributed by atoms with Crippen LogP contribution in [0.4, 0.5) is 0 Å². The fourth-order valence-corrected chi connectivity index (χ4v) is 2.73. The molecular formula is C13H24N4S. The van der Waals surface area contributed by atoms with Crippen molar-refractivity contribution in [1.82, 2.24) is 9.80 Å². The van der Waals surface area contributed by atoms with Crippen molar-refractivity contribution in [3.8, 4) is 0 Å². The molecular weight excluding hydrogens is 244 g/mol. The van der Waals surface area contributed by atoms with E-state index in [2.05, 4.69) is 60.2 Å². The van der Waals surface area contributed by atoms with Gasteiger partial charge in [0.2, 0.25) is 0 Å². The van der Waals surface area contributed by atoms with E-state index in [0.717, 1.165) is 13.1 Å². The Morgan fingerprint density at radius 1 is 1.39 bits per heavy atom. The fourth-order valence-electron chi connectivity index (χ4n) is 1.82. The average molecular weight is 268 g/mol. The van der Waals surface area contributed by atoms with Crippen molar-refractivity contribution in [1.29, 1.82) is 0 Å². The lowest BCUT2D eigenvalue weighted by Gasteiger charge is -2.23. The minimum absolute atomic E-state index is 0.305. The number of hydrogen-bond donors (Lipinski definition) is 1. The summed E-state index contributed by atoms with van der Waals surface area (Å²) in [7, 11) is 4.15. The Hall–Kier alpha value is -1.07. The summed E-state index contributed by atoms with van der Waals surface area (Å²) in [5, 5.41) is 2.10. The van der Waals surface area contributed by atoms with Crippen LogP contribution in [-0.4, -0.2) is 49.5 Å². The number of rotatable bonds is 6. The van der Waals surface area contributed by atoms with Gasteiger partial charge < -0.3 is 15.5 Å². The van der Waals surface area contributed by atoms with E-state index in [0.29, 0.717) is 18.5 Å². The molecule has 102 valence electrons. The van der Waals surface area contributed by atoms with Gasteiger partial charge in [-0.1, -0.05) is 6.07 Å². The minimum Gasteiger partial charge on any atom is -0.370 e. The number of nitrogens with two attached hydrogens (primary N) is 1. The zero-order valence-electron chi connectivity index (χ0n) is 11.8. The quantitative estimate of drug-likeness (QED) is 0.634. The molecule has 0 radical (unpaired) electrons. The van der Waals surface area contributed by atoms with Crippen LogP contribution in [0.5, 0.6) is 0 Å². The Morgan fingerprint density at radius 2 is 2.06 bits per heavy atom. The third kappa shape index (κ3) is 3.99. The summed E-state index contributed by atoms with van der Waals surface area (Å²) < 4.78 is 0. The molecule has 0 amide bonds. The molecule has 0 aliphatic heterocycles. The predicted octanol–water partition coefficient (Wildman–Crippen LogP) is 2.01. The Labute approximate surface area is 114 Å². The molecule has 1 rings (SSSR count). The molecule has 1 atom stereocenters. The molecule has 0 spiro atoms. The topological polar surface area (TPSA) is 44.9 Å². The molecule has 1 aromatic heterocycles. The summed E-state index contributed by atoms with van der Waals surface area (Å²) in [4.78, 5) is 10.1. The van der Waals surface area contributed by atoms with Crippen molar-refractivity contribution in [3.63, 3.8) is 0 Å². The number of thiophene rings is 1. The third-order valence-corrected chi connectivity index (χ3v) is 3.98. The number of guanidine groups is 1. The van der Waals surface area contributed by atoms with Crippen LogP contribution in [0.2, 0.25) is 0 Å². The lowest BCUT2D eigenvalue weighted by molar-refractivity contribution is 0.309. The molecule has 0 saturated carbocycles. The molecule has 18 heavy (non-hydrogen) atoms. The van der Waals surface area contributed by atoms with Gasteiger partial charge >= 0.3 is 0 Å². The zero-order valence-corrected chi connectivity index (χ0v) is 12.6. The van der Waals surface area contributed by atoms with Gasteiger partial charge in [0.15, 0.2) is 5.96 Å². The highest BCUT2D eigenvalue weighted by molar-refractivity contribution is 7.10. The Kier molecular flexibility index (Phi) is 6.15. The van der Waals surface area contributed by atoms with Gasteiger partial charge in [-0.15, -0.1) is 11.3 Å². The van der Waals surface area contributed by atoms with E-state index in [1.165, 1.54) is 4.88 Å². The average Bonchev–Trinajstić information content (AvgIpc) is 2.84. The maximum absolute atomic E-state index is 6.00. The van der Waals surface area contributed by atoms with E-state index in [-0.39, 0.29) is 0 Å². The number of aliphatic imine (C=N–C) groups is 1. The van der Waals surface area contributed by atoms with E-state index >= 15 is 0 Å². The van der Waals surface area contributed by atoms with Crippen molar-refractivity contribution < 1.29 is 0 Å². The van der Waals surface area contributed by atoms with Crippen molar-refractivity contribution in [2.24, 2.45) is 10.7 Å². The molecule has 0 aromatic carbocycles. The number of nitrogens with zero attached hydrogens (tertiary/aromatic N) is 3. The standard InChI is InChI=1S/C13H24N4S/c1-5-17(6-2)13(14)15-10-11(16(3)4)12-8-7-9-18-12/h7-9,11H,5-6,10H2,1-4H3,(H2,14,15). The first-order valence-corrected chi connectivity index (χ1v) is 7.22. The van der Waals surface area contributed by atoms with Gasteiger partial charge in [-0.25, -0.2) is 0 Å². The second-order valence-electron chi connectivity index (χ2n) is 4.37. The molecule has 1 unspecified atom stereocenters. The first-order chi connectivity index (χ1) is 8.60. The molecule has 0 bridgehead atoms. The SMILES string of the molecule is CCN(CC)C(N)=NCC(c1cccs1)N(C)C. The smallest absolute Gasteiger partial charge is 0.191 e. The van der Waals surface area contributed by atoms with Crippen molar-refractivity contribution in [3.05, 3.63) is 22.4 Å². The van der Waals surface area contributed by atoms with Crippen molar-refractivity contribution in [2.75, 3.05) is 33.7 Å². The Morgan fingerprint density at radius 3 is 2.50 bits per heavy atom. The van der Waals surface area contributed by atoms with E-state index in [9.17, 15) is 0 Å². The lowest BCUT2D eigenvalue weighted by Crippen LogP contribution is -2.37. The molecule has 0 aliphatic carbocycles. The molecule has 0 saturated heterocycles. The highest BCUT2D eigenvalue weighted by atomic mass is 32.1. The van der Waals surface area contributed by atoms with Crippen LogP contribution in [0.25, 0.3) is 0 Å². The highest BCUT2D eigenvalue weighted by Crippen LogP contribution is 2.23. The van der Waals surface area contributed by atoms with Crippen LogP contribution in [0, 0.1) is 0 Å². The van der Waals surface area contributed by atoms with Crippen LogP contribution >= 0.6 is 11.3 Å². The van der Waals surface area contributed by atoms with Gasteiger partial charge in [0, 0.05) is 18.0 Å². The molecule has 2 N–H and O–H groups in total. The zero-order chi connectivity index (χ0) is 13.5. The molecule has 0 fully saturated rings. The van der Waals surface area contributed by atoms with Crippen LogP contribution in [-0.2, 0) is 0 Å². The van der Waals surface area contributed by atoms with Crippen LogP contribution < -0.4 is 5.73 Å². The van der Waals surface area contributed by atoms with Gasteiger partial charge in [-0.2, -0.15) is 0 Å². The first-order valence-electron chi connectivity index (χ1n) is 6.34. The van der Waals surface area contributed by atoms with Crippen LogP contribution in [0.1, 0.15) is 24.8 Å². The van der Waals surface area contributed by atoms with Gasteiger partial charge in [0.1, 0.15) is 0 Å². The van der Waals surface area contributed by atoms with Gasteiger partial charge in [-0.05, 0) is 39.4 Å². The van der Waals surface area contributed by atoms with E-state index < -0.39 is 0 Å². The summed E-state index contributed by atoms with van der Waals surface area (Å²) in [6.45, 7) is 6.69. The first kappa shape index (κ1) is 15.0. The van der Waals surface area contributed by atoms with Gasteiger partial charge in [0.25, 0.3) is 0 Å². The highest BCUT2D eigenvalue weighted by Gasteiger charge is 2.15. The second kappa shape index (κ2) is 7.38. The summed E-state index contributed by atoms with van der Waals surface area (Å²) >= 11 is 1.77. The summed E-state index contributed by atoms with van der Waals surface area (Å²) in [6, 6.07) is 4.53. The van der Waals surface area contributed by atoms with Gasteiger partial charge in [-0.3, -0.25) is 4.99 Å². The summed E-state index contributed by atoms with van der Waals surface area (Å²) in [5.74, 6) is 0.642. The number of likely N-dealkylation sites (N-methyl/N-ethyl adjacent to an activating group) is 1. The maximum Gasteiger partial charge on any atom is 0.191 e. The predicted molar refractivity (Wildman–Crippen MR) is 80.2 cm³/mol. The molecule has 0 aliphatic rings. The molecule has 1 aromatic rings. The van der Waals surface area contributed by atoms with Crippen LogP contribution in [0.3, 0.4) is 0 Å². The maximum atomic E-state index is 6.00. The van der Waals surface area contributed by atoms with Crippen molar-refractivity contribution in [2.45, 2.75) is 19.9 Å². The summed E-state index contributed by atoms with van der Waals surface area (Å²) in [6.07, 6.45) is 0.